The van der Waals surface area contributed by atoms with Gasteiger partial charge in [-0.2, -0.15) is 0 Å². The molecule has 0 aromatic heterocycles. The lowest BCUT2D eigenvalue weighted by molar-refractivity contribution is -0.123. The van der Waals surface area contributed by atoms with Crippen molar-refractivity contribution in [3.63, 3.8) is 0 Å². The summed E-state index contributed by atoms with van der Waals surface area (Å²) in [7, 11) is 0. The van der Waals surface area contributed by atoms with Gasteiger partial charge < -0.3 is 10.6 Å². The zero-order chi connectivity index (χ0) is 12.7. The van der Waals surface area contributed by atoms with Gasteiger partial charge in [0.25, 0.3) is 0 Å². The Kier molecular flexibility index (Phi) is 5.70. The van der Waals surface area contributed by atoms with Crippen molar-refractivity contribution in [2.45, 2.75) is 45.8 Å². The Bertz CT molecular complexity index is 337. The monoisotopic (exact) mass is 234 g/mol. The maximum atomic E-state index is 11.8. The Balaban J connectivity index is 2.34. The van der Waals surface area contributed by atoms with E-state index in [2.05, 4.69) is 17.6 Å². The Morgan fingerprint density at radius 2 is 1.88 bits per heavy atom. The van der Waals surface area contributed by atoms with Gasteiger partial charge in [-0.3, -0.25) is 4.79 Å². The Morgan fingerprint density at radius 3 is 2.47 bits per heavy atom. The Hall–Kier alpha value is -1.35. The molecule has 0 radical (unpaired) electrons. The highest BCUT2D eigenvalue weighted by Gasteiger charge is 2.13. The number of benzene rings is 1. The van der Waals surface area contributed by atoms with Gasteiger partial charge in [0.05, 0.1) is 6.04 Å². The lowest BCUT2D eigenvalue weighted by atomic mass is 10.2. The molecule has 2 unspecified atom stereocenters. The van der Waals surface area contributed by atoms with Crippen LogP contribution in [0, 0.1) is 0 Å². The van der Waals surface area contributed by atoms with Gasteiger partial charge in [0, 0.05) is 12.6 Å². The summed E-state index contributed by atoms with van der Waals surface area (Å²) in [6.45, 7) is 6.69. The van der Waals surface area contributed by atoms with Gasteiger partial charge in [-0.1, -0.05) is 37.3 Å². The maximum absolute atomic E-state index is 11.8. The van der Waals surface area contributed by atoms with Crippen molar-refractivity contribution in [1.29, 1.82) is 0 Å². The van der Waals surface area contributed by atoms with E-state index in [9.17, 15) is 4.79 Å². The van der Waals surface area contributed by atoms with Crippen LogP contribution in [0.4, 0.5) is 0 Å². The molecule has 1 aromatic rings. The normalized spacial score (nSPS) is 14.1. The number of carbonyl (C=O) groups excluding carboxylic acids is 1. The summed E-state index contributed by atoms with van der Waals surface area (Å²) < 4.78 is 0. The van der Waals surface area contributed by atoms with E-state index in [0.717, 1.165) is 13.0 Å². The second-order valence-corrected chi connectivity index (χ2v) is 4.41. The molecule has 1 amide bonds. The van der Waals surface area contributed by atoms with Gasteiger partial charge in [-0.15, -0.1) is 0 Å². The van der Waals surface area contributed by atoms with Crippen LogP contribution in [0.2, 0.25) is 0 Å². The molecule has 0 saturated heterocycles. The van der Waals surface area contributed by atoms with Gasteiger partial charge in [0.15, 0.2) is 0 Å². The summed E-state index contributed by atoms with van der Waals surface area (Å²) in [5.41, 5.74) is 1.19. The van der Waals surface area contributed by atoms with Crippen molar-refractivity contribution in [2.24, 2.45) is 0 Å². The molecule has 0 aliphatic rings. The molecule has 0 bridgehead atoms. The molecule has 0 heterocycles. The lowest BCUT2D eigenvalue weighted by Gasteiger charge is -2.17. The molecule has 1 aromatic carbocycles. The Labute approximate surface area is 104 Å². The number of hydrogen-bond acceptors (Lipinski definition) is 2. The third-order valence-corrected chi connectivity index (χ3v) is 2.85. The predicted molar refractivity (Wildman–Crippen MR) is 70.6 cm³/mol. The van der Waals surface area contributed by atoms with Crippen LogP contribution >= 0.6 is 0 Å². The van der Waals surface area contributed by atoms with Crippen molar-refractivity contribution < 1.29 is 4.79 Å². The molecule has 17 heavy (non-hydrogen) atoms. The third kappa shape index (κ3) is 5.00. The van der Waals surface area contributed by atoms with Gasteiger partial charge in [0.1, 0.15) is 0 Å². The summed E-state index contributed by atoms with van der Waals surface area (Å²) in [6, 6.07) is 10.2. The van der Waals surface area contributed by atoms with Crippen molar-refractivity contribution in [3.05, 3.63) is 35.9 Å². The summed E-state index contributed by atoms with van der Waals surface area (Å²) in [5, 5.41) is 6.18. The van der Waals surface area contributed by atoms with Crippen molar-refractivity contribution in [3.8, 4) is 0 Å². The fourth-order valence-corrected chi connectivity index (χ4v) is 1.43. The van der Waals surface area contributed by atoms with Gasteiger partial charge in [0.2, 0.25) is 5.91 Å². The maximum Gasteiger partial charge on any atom is 0.237 e. The molecule has 3 heteroatoms. The van der Waals surface area contributed by atoms with Crippen molar-refractivity contribution >= 4 is 5.91 Å². The van der Waals surface area contributed by atoms with Crippen LogP contribution < -0.4 is 10.6 Å². The second kappa shape index (κ2) is 7.07. The summed E-state index contributed by atoms with van der Waals surface area (Å²) in [4.78, 5) is 11.8. The van der Waals surface area contributed by atoms with E-state index in [1.54, 1.807) is 0 Å². The number of rotatable bonds is 6. The minimum atomic E-state index is -0.163. The van der Waals surface area contributed by atoms with Crippen LogP contribution in [0.5, 0.6) is 0 Å². The minimum Gasteiger partial charge on any atom is -0.352 e. The quantitative estimate of drug-likeness (QED) is 0.791. The van der Waals surface area contributed by atoms with E-state index in [4.69, 9.17) is 0 Å². The van der Waals surface area contributed by atoms with Gasteiger partial charge in [-0.05, 0) is 25.8 Å². The Morgan fingerprint density at radius 1 is 1.24 bits per heavy atom. The highest BCUT2D eigenvalue weighted by molar-refractivity contribution is 5.81. The molecule has 0 aliphatic heterocycles. The first-order chi connectivity index (χ1) is 8.13. The first-order valence-electron chi connectivity index (χ1n) is 6.21. The standard InChI is InChI=1S/C14H22N2O/c1-4-11(2)16-14(17)12(3)15-10-13-8-6-5-7-9-13/h5-9,11-12,15H,4,10H2,1-3H3,(H,16,17). The van der Waals surface area contributed by atoms with E-state index < -0.39 is 0 Å². The average molecular weight is 234 g/mol. The smallest absolute Gasteiger partial charge is 0.237 e. The van der Waals surface area contributed by atoms with E-state index in [-0.39, 0.29) is 18.0 Å². The van der Waals surface area contributed by atoms with Gasteiger partial charge in [-0.25, -0.2) is 0 Å². The third-order valence-electron chi connectivity index (χ3n) is 2.85. The van der Waals surface area contributed by atoms with E-state index in [0.29, 0.717) is 0 Å². The van der Waals surface area contributed by atoms with Crippen LogP contribution in [-0.4, -0.2) is 18.0 Å². The second-order valence-electron chi connectivity index (χ2n) is 4.41. The molecule has 3 nitrogen and oxygen atoms in total. The minimum absolute atomic E-state index is 0.0651. The molecular formula is C14H22N2O. The van der Waals surface area contributed by atoms with Crippen LogP contribution in [0.15, 0.2) is 30.3 Å². The summed E-state index contributed by atoms with van der Waals surface area (Å²) >= 11 is 0. The number of nitrogens with one attached hydrogen (secondary N) is 2. The number of amides is 1. The fourth-order valence-electron chi connectivity index (χ4n) is 1.43. The molecule has 0 saturated carbocycles. The first kappa shape index (κ1) is 13.7. The molecule has 1 rings (SSSR count). The molecule has 94 valence electrons. The van der Waals surface area contributed by atoms with E-state index in [1.165, 1.54) is 5.56 Å². The zero-order valence-corrected chi connectivity index (χ0v) is 10.9. The topological polar surface area (TPSA) is 41.1 Å². The largest absolute Gasteiger partial charge is 0.352 e. The molecule has 2 atom stereocenters. The van der Waals surface area contributed by atoms with Gasteiger partial charge >= 0.3 is 0 Å². The molecule has 0 fully saturated rings. The van der Waals surface area contributed by atoms with E-state index in [1.807, 2.05) is 44.2 Å². The van der Waals surface area contributed by atoms with E-state index >= 15 is 0 Å². The lowest BCUT2D eigenvalue weighted by Crippen LogP contribution is -2.45. The van der Waals surface area contributed by atoms with Crippen LogP contribution in [-0.2, 0) is 11.3 Å². The predicted octanol–water partition coefficient (Wildman–Crippen LogP) is 2.08. The summed E-state index contributed by atoms with van der Waals surface area (Å²) in [5.74, 6) is 0.0651. The molecule has 0 aliphatic carbocycles. The van der Waals surface area contributed by atoms with Crippen molar-refractivity contribution in [2.75, 3.05) is 0 Å². The SMILES string of the molecule is CCC(C)NC(=O)C(C)NCc1ccccc1. The molecule has 0 spiro atoms. The first-order valence-corrected chi connectivity index (χ1v) is 6.21. The van der Waals surface area contributed by atoms with Crippen LogP contribution in [0.25, 0.3) is 0 Å². The number of carbonyl (C=O) groups is 1. The van der Waals surface area contributed by atoms with Crippen molar-refractivity contribution in [1.82, 2.24) is 10.6 Å². The van der Waals surface area contributed by atoms with Crippen LogP contribution in [0.1, 0.15) is 32.8 Å². The zero-order valence-electron chi connectivity index (χ0n) is 10.9. The average Bonchev–Trinajstić information content (AvgIpc) is 2.36. The number of hydrogen-bond donors (Lipinski definition) is 2. The van der Waals surface area contributed by atoms with Crippen LogP contribution in [0.3, 0.4) is 0 Å². The fraction of sp³-hybridized carbons (Fsp3) is 0.500. The summed E-state index contributed by atoms with van der Waals surface area (Å²) in [6.07, 6.45) is 0.956. The highest BCUT2D eigenvalue weighted by atomic mass is 16.2. The molecular weight excluding hydrogens is 212 g/mol. The highest BCUT2D eigenvalue weighted by Crippen LogP contribution is 1.98. The molecule has 2 N–H and O–H groups in total.